The van der Waals surface area contributed by atoms with Crippen molar-refractivity contribution in [3.63, 3.8) is 0 Å². The molecule has 0 spiro atoms. The van der Waals surface area contributed by atoms with Crippen LogP contribution in [0.5, 0.6) is 0 Å². The van der Waals surface area contributed by atoms with Gasteiger partial charge in [-0.1, -0.05) is 30.3 Å². The molecule has 2 heterocycles. The van der Waals surface area contributed by atoms with Crippen LogP contribution in [0, 0.1) is 13.8 Å². The van der Waals surface area contributed by atoms with E-state index in [1.54, 1.807) is 24.5 Å². The third-order valence-electron chi connectivity index (χ3n) is 4.79. The quantitative estimate of drug-likeness (QED) is 0.459. The molecule has 2 aromatic carbocycles. The summed E-state index contributed by atoms with van der Waals surface area (Å²) in [6.45, 7) is 3.89. The summed E-state index contributed by atoms with van der Waals surface area (Å²) in [5.74, 6) is -0.393. The molecule has 4 rings (SSSR count). The molecule has 1 N–H and O–H groups in total. The molecule has 0 fully saturated rings. The fourth-order valence-electron chi connectivity index (χ4n) is 3.21. The first kappa shape index (κ1) is 20.3. The van der Waals surface area contributed by atoms with Crippen molar-refractivity contribution in [2.24, 2.45) is 0 Å². The van der Waals surface area contributed by atoms with E-state index in [0.29, 0.717) is 4.88 Å². The molecule has 0 atom stereocenters. The summed E-state index contributed by atoms with van der Waals surface area (Å²) in [5.41, 5.74) is 3.75. The zero-order chi connectivity index (χ0) is 21.3. The van der Waals surface area contributed by atoms with Crippen LogP contribution >= 0.6 is 22.7 Å². The van der Waals surface area contributed by atoms with Crippen molar-refractivity contribution in [2.75, 3.05) is 18.9 Å². The van der Waals surface area contributed by atoms with Gasteiger partial charge in [0.05, 0.1) is 26.5 Å². The molecule has 0 saturated carbocycles. The number of nitrogens with zero attached hydrogens (tertiary/aromatic N) is 2. The number of carbonyl (C=O) groups excluding carboxylic acids is 2. The number of thiazole rings is 1. The molecular formula is C23H21N3O2S2. The summed E-state index contributed by atoms with van der Waals surface area (Å²) in [4.78, 5) is 32.9. The topological polar surface area (TPSA) is 62.3 Å². The van der Waals surface area contributed by atoms with Crippen LogP contribution < -0.4 is 5.32 Å². The number of aryl methyl sites for hydroxylation is 2. The van der Waals surface area contributed by atoms with E-state index in [1.165, 1.54) is 16.2 Å². The SMILES string of the molecule is Cc1cccc(C)c1NC(=O)CN(C)C(=O)c1ccc(-c2nc3ccccc3s2)s1. The molecule has 152 valence electrons. The van der Waals surface area contributed by atoms with Crippen LogP contribution in [0.4, 0.5) is 5.69 Å². The molecule has 0 aliphatic carbocycles. The van der Waals surface area contributed by atoms with Gasteiger partial charge in [0, 0.05) is 12.7 Å². The Bertz CT molecular complexity index is 1190. The van der Waals surface area contributed by atoms with Crippen LogP contribution in [0.25, 0.3) is 20.1 Å². The number of rotatable bonds is 5. The van der Waals surface area contributed by atoms with E-state index in [1.807, 2.05) is 62.4 Å². The number of fused-ring (bicyclic) bond motifs is 1. The lowest BCUT2D eigenvalue weighted by Crippen LogP contribution is -2.34. The summed E-state index contributed by atoms with van der Waals surface area (Å²) >= 11 is 3.01. The number of benzene rings is 2. The lowest BCUT2D eigenvalue weighted by Gasteiger charge is -2.17. The van der Waals surface area contributed by atoms with Gasteiger partial charge in [0.25, 0.3) is 5.91 Å². The summed E-state index contributed by atoms with van der Waals surface area (Å²) < 4.78 is 1.12. The number of likely N-dealkylation sites (N-methyl/N-ethyl adjacent to an activating group) is 1. The van der Waals surface area contributed by atoms with Gasteiger partial charge >= 0.3 is 0 Å². The molecule has 30 heavy (non-hydrogen) atoms. The highest BCUT2D eigenvalue weighted by molar-refractivity contribution is 7.26. The zero-order valence-corrected chi connectivity index (χ0v) is 18.6. The van der Waals surface area contributed by atoms with Gasteiger partial charge < -0.3 is 10.2 Å². The van der Waals surface area contributed by atoms with E-state index < -0.39 is 0 Å². The van der Waals surface area contributed by atoms with Gasteiger partial charge in [-0.05, 0) is 49.2 Å². The minimum absolute atomic E-state index is 0.0129. The summed E-state index contributed by atoms with van der Waals surface area (Å²) in [6, 6.07) is 17.6. The van der Waals surface area contributed by atoms with Crippen LogP contribution in [-0.2, 0) is 4.79 Å². The second-order valence-electron chi connectivity index (χ2n) is 7.13. The van der Waals surface area contributed by atoms with Crippen molar-refractivity contribution in [1.29, 1.82) is 0 Å². The number of carbonyl (C=O) groups is 2. The lowest BCUT2D eigenvalue weighted by atomic mass is 10.1. The summed E-state index contributed by atoms with van der Waals surface area (Å²) in [6.07, 6.45) is 0. The normalized spacial score (nSPS) is 10.9. The number of hydrogen-bond donors (Lipinski definition) is 1. The first-order valence-electron chi connectivity index (χ1n) is 9.49. The van der Waals surface area contributed by atoms with E-state index in [0.717, 1.165) is 36.9 Å². The Morgan fingerprint density at radius 2 is 1.70 bits per heavy atom. The van der Waals surface area contributed by atoms with Gasteiger partial charge in [-0.3, -0.25) is 9.59 Å². The highest BCUT2D eigenvalue weighted by Gasteiger charge is 2.19. The van der Waals surface area contributed by atoms with Crippen molar-refractivity contribution in [1.82, 2.24) is 9.88 Å². The number of amides is 2. The van der Waals surface area contributed by atoms with Gasteiger partial charge in [-0.25, -0.2) is 4.98 Å². The predicted octanol–water partition coefficient (Wildman–Crippen LogP) is 5.35. The maximum Gasteiger partial charge on any atom is 0.264 e. The second-order valence-corrected chi connectivity index (χ2v) is 9.24. The van der Waals surface area contributed by atoms with E-state index in [9.17, 15) is 9.59 Å². The van der Waals surface area contributed by atoms with Crippen molar-refractivity contribution in [3.05, 3.63) is 70.6 Å². The minimum Gasteiger partial charge on any atom is -0.332 e. The molecular weight excluding hydrogens is 414 g/mol. The van der Waals surface area contributed by atoms with Crippen LogP contribution in [0.15, 0.2) is 54.6 Å². The average molecular weight is 436 g/mol. The Morgan fingerprint density at radius 1 is 0.967 bits per heavy atom. The number of aromatic nitrogens is 1. The Balaban J connectivity index is 1.45. The van der Waals surface area contributed by atoms with Crippen LogP contribution in [-0.4, -0.2) is 35.3 Å². The van der Waals surface area contributed by atoms with Crippen molar-refractivity contribution in [3.8, 4) is 9.88 Å². The Kier molecular flexibility index (Phi) is 5.65. The van der Waals surface area contributed by atoms with Gasteiger partial charge in [-0.15, -0.1) is 22.7 Å². The fourth-order valence-corrected chi connectivity index (χ4v) is 5.23. The van der Waals surface area contributed by atoms with Crippen LogP contribution in [0.3, 0.4) is 0 Å². The third kappa shape index (κ3) is 4.13. The number of nitrogens with one attached hydrogen (secondary N) is 1. The Morgan fingerprint density at radius 3 is 2.43 bits per heavy atom. The largest absolute Gasteiger partial charge is 0.332 e. The van der Waals surface area contributed by atoms with E-state index >= 15 is 0 Å². The molecule has 0 radical (unpaired) electrons. The molecule has 0 aliphatic rings. The monoisotopic (exact) mass is 435 g/mol. The molecule has 2 aromatic heterocycles. The smallest absolute Gasteiger partial charge is 0.264 e. The van der Waals surface area contributed by atoms with E-state index in [4.69, 9.17) is 0 Å². The van der Waals surface area contributed by atoms with Gasteiger partial charge in [0.1, 0.15) is 5.01 Å². The maximum absolute atomic E-state index is 12.8. The highest BCUT2D eigenvalue weighted by atomic mass is 32.1. The average Bonchev–Trinajstić information content (AvgIpc) is 3.37. The van der Waals surface area contributed by atoms with Crippen LogP contribution in [0.2, 0.25) is 0 Å². The van der Waals surface area contributed by atoms with Crippen molar-refractivity contribution < 1.29 is 9.59 Å². The number of thiophene rings is 1. The predicted molar refractivity (Wildman–Crippen MR) is 124 cm³/mol. The van der Waals surface area contributed by atoms with Crippen molar-refractivity contribution >= 4 is 50.4 Å². The number of anilines is 1. The number of hydrogen-bond acceptors (Lipinski definition) is 5. The molecule has 0 unspecified atom stereocenters. The Labute approximate surface area is 183 Å². The Hall–Kier alpha value is -3.03. The fraction of sp³-hybridized carbons (Fsp3) is 0.174. The van der Waals surface area contributed by atoms with E-state index in [-0.39, 0.29) is 18.4 Å². The molecule has 0 bridgehead atoms. The summed E-state index contributed by atoms with van der Waals surface area (Å²) in [7, 11) is 1.64. The zero-order valence-electron chi connectivity index (χ0n) is 16.9. The molecule has 5 nitrogen and oxygen atoms in total. The molecule has 0 aliphatic heterocycles. The number of para-hydroxylation sites is 2. The molecule has 0 saturated heterocycles. The first-order chi connectivity index (χ1) is 14.4. The van der Waals surface area contributed by atoms with Crippen LogP contribution in [0.1, 0.15) is 20.8 Å². The lowest BCUT2D eigenvalue weighted by molar-refractivity contribution is -0.116. The minimum atomic E-state index is -0.216. The molecule has 4 aromatic rings. The molecule has 2 amide bonds. The first-order valence-corrected chi connectivity index (χ1v) is 11.1. The standard InChI is InChI=1S/C23H21N3O2S2/c1-14-7-6-8-15(2)21(14)25-20(27)13-26(3)23(28)19-12-11-18(29-19)22-24-16-9-4-5-10-17(16)30-22/h4-12H,13H2,1-3H3,(H,25,27). The molecule has 7 heteroatoms. The van der Waals surface area contributed by atoms with Crippen molar-refractivity contribution in [2.45, 2.75) is 13.8 Å². The maximum atomic E-state index is 12.8. The highest BCUT2D eigenvalue weighted by Crippen LogP contribution is 2.34. The van der Waals surface area contributed by atoms with Gasteiger partial charge in [0.2, 0.25) is 5.91 Å². The van der Waals surface area contributed by atoms with Gasteiger partial charge in [-0.2, -0.15) is 0 Å². The van der Waals surface area contributed by atoms with E-state index in [2.05, 4.69) is 10.3 Å². The third-order valence-corrected chi connectivity index (χ3v) is 7.07. The van der Waals surface area contributed by atoms with Gasteiger partial charge in [0.15, 0.2) is 0 Å². The second kappa shape index (κ2) is 8.38. The summed E-state index contributed by atoms with van der Waals surface area (Å²) in [5, 5.41) is 3.82.